The van der Waals surface area contributed by atoms with Crippen molar-refractivity contribution in [3.63, 3.8) is 0 Å². The van der Waals surface area contributed by atoms with Gasteiger partial charge in [0.1, 0.15) is 34.5 Å². The Balaban J connectivity index is 0.982. The molecule has 6 aromatic rings. The molecule has 0 atom stereocenters. The molecule has 0 aliphatic rings. The van der Waals surface area contributed by atoms with Crippen molar-refractivity contribution in [2.24, 2.45) is 0 Å². The molecule has 0 unspecified atom stereocenters. The van der Waals surface area contributed by atoms with E-state index in [1.165, 1.54) is 28.4 Å². The zero-order chi connectivity index (χ0) is 39.2. The van der Waals surface area contributed by atoms with Gasteiger partial charge in [0.15, 0.2) is 23.0 Å². The number of carbonyl (C=O) groups is 2. The van der Waals surface area contributed by atoms with Crippen LogP contribution in [-0.4, -0.2) is 60.8 Å². The molecule has 0 heterocycles. The Morgan fingerprint density at radius 3 is 1.16 bits per heavy atom. The smallest absolute Gasteiger partial charge is 0.311 e. The summed E-state index contributed by atoms with van der Waals surface area (Å²) < 4.78 is 32.9. The van der Waals surface area contributed by atoms with Gasteiger partial charge in [-0.1, -0.05) is 32.1 Å². The van der Waals surface area contributed by atoms with E-state index in [4.69, 9.17) is 28.4 Å². The molecule has 6 rings (SSSR count). The van der Waals surface area contributed by atoms with Crippen molar-refractivity contribution in [2.75, 3.05) is 28.4 Å². The van der Waals surface area contributed by atoms with Crippen molar-refractivity contribution < 1.29 is 58.4 Å². The molecule has 55 heavy (non-hydrogen) atoms. The van der Waals surface area contributed by atoms with Crippen molar-refractivity contribution in [1.82, 2.24) is 0 Å². The normalized spacial score (nSPS) is 11.3. The second-order valence-electron chi connectivity index (χ2n) is 13.2. The molecule has 0 saturated heterocycles. The molecule has 0 aromatic heterocycles. The van der Waals surface area contributed by atoms with E-state index in [2.05, 4.69) is 0 Å². The molecule has 0 spiro atoms. The van der Waals surface area contributed by atoms with Crippen LogP contribution in [0.25, 0.3) is 43.1 Å². The number of esters is 2. The molecule has 12 nitrogen and oxygen atoms in total. The molecule has 12 heteroatoms. The van der Waals surface area contributed by atoms with Gasteiger partial charge >= 0.3 is 11.9 Å². The standard InChI is InChI=1S/C43H44O12/c1-50-24-14-16-26-30(22-24)38(46)28-18-20-32(52-3)42(36(28)40(26)48)54-34(44)12-10-8-6-5-7-9-11-13-35(45)55-43-33(53-4)21-19-29-37(43)41(49)27-17-15-25(51-2)23-31(27)39(29)47/h14-23,46-49H,5-13H2,1-4H3. The first-order valence-electron chi connectivity index (χ1n) is 18.1. The van der Waals surface area contributed by atoms with Crippen LogP contribution < -0.4 is 28.4 Å². The van der Waals surface area contributed by atoms with Gasteiger partial charge < -0.3 is 48.8 Å². The zero-order valence-electron chi connectivity index (χ0n) is 31.2. The monoisotopic (exact) mass is 752 g/mol. The summed E-state index contributed by atoms with van der Waals surface area (Å²) in [6.07, 6.45) is 5.75. The fourth-order valence-corrected chi connectivity index (χ4v) is 6.93. The summed E-state index contributed by atoms with van der Waals surface area (Å²) in [5.74, 6) is 0.164. The number of benzene rings is 6. The largest absolute Gasteiger partial charge is 0.507 e. The molecule has 0 saturated carbocycles. The zero-order valence-corrected chi connectivity index (χ0v) is 31.2. The Hall–Kier alpha value is -6.30. The Morgan fingerprint density at radius 1 is 0.436 bits per heavy atom. The van der Waals surface area contributed by atoms with Gasteiger partial charge in [0, 0.05) is 45.2 Å². The minimum atomic E-state index is -0.488. The van der Waals surface area contributed by atoms with E-state index in [-0.39, 0.29) is 69.6 Å². The van der Waals surface area contributed by atoms with E-state index in [0.717, 1.165) is 32.1 Å². The second-order valence-corrected chi connectivity index (χ2v) is 13.2. The highest BCUT2D eigenvalue weighted by atomic mass is 16.6. The maximum Gasteiger partial charge on any atom is 0.311 e. The summed E-state index contributed by atoms with van der Waals surface area (Å²) in [4.78, 5) is 25.9. The summed E-state index contributed by atoms with van der Waals surface area (Å²) in [7, 11) is 5.89. The minimum Gasteiger partial charge on any atom is -0.507 e. The lowest BCUT2D eigenvalue weighted by molar-refractivity contribution is -0.135. The van der Waals surface area contributed by atoms with E-state index in [1.54, 1.807) is 60.7 Å². The van der Waals surface area contributed by atoms with Gasteiger partial charge in [-0.2, -0.15) is 0 Å². The lowest BCUT2D eigenvalue weighted by atomic mass is 9.99. The summed E-state index contributed by atoms with van der Waals surface area (Å²) in [6, 6.07) is 16.2. The highest BCUT2D eigenvalue weighted by Gasteiger charge is 2.24. The highest BCUT2D eigenvalue weighted by molar-refractivity contribution is 6.15. The molecule has 0 bridgehead atoms. The van der Waals surface area contributed by atoms with Crippen LogP contribution in [0.3, 0.4) is 0 Å². The van der Waals surface area contributed by atoms with E-state index in [0.29, 0.717) is 56.7 Å². The van der Waals surface area contributed by atoms with Crippen LogP contribution in [0.4, 0.5) is 0 Å². The third-order valence-corrected chi connectivity index (χ3v) is 9.83. The van der Waals surface area contributed by atoms with Crippen LogP contribution in [0.1, 0.15) is 57.8 Å². The summed E-state index contributed by atoms with van der Waals surface area (Å²) in [5.41, 5.74) is 0. The van der Waals surface area contributed by atoms with Crippen LogP contribution in [0.15, 0.2) is 60.7 Å². The fraction of sp³-hybridized carbons (Fsp3) is 0.302. The lowest BCUT2D eigenvalue weighted by Gasteiger charge is -2.16. The van der Waals surface area contributed by atoms with Gasteiger partial charge in [0.2, 0.25) is 0 Å². The summed E-state index contributed by atoms with van der Waals surface area (Å²) in [5, 5.41) is 47.0. The number of rotatable bonds is 16. The molecule has 0 aliphatic carbocycles. The first-order valence-corrected chi connectivity index (χ1v) is 18.1. The van der Waals surface area contributed by atoms with Gasteiger partial charge in [0.05, 0.1) is 39.2 Å². The van der Waals surface area contributed by atoms with Gasteiger partial charge in [-0.3, -0.25) is 9.59 Å². The number of hydrogen-bond donors (Lipinski definition) is 4. The Bertz CT molecular complexity index is 2230. The molecule has 288 valence electrons. The van der Waals surface area contributed by atoms with Gasteiger partial charge in [0.25, 0.3) is 0 Å². The fourth-order valence-electron chi connectivity index (χ4n) is 6.93. The van der Waals surface area contributed by atoms with Crippen LogP contribution in [0.2, 0.25) is 0 Å². The Morgan fingerprint density at radius 2 is 0.800 bits per heavy atom. The number of fused-ring (bicyclic) bond motifs is 4. The predicted octanol–water partition coefficient (Wildman–Crippen LogP) is 9.18. The number of phenolic OH excluding ortho intramolecular Hbond substituents is 4. The van der Waals surface area contributed by atoms with Gasteiger partial charge in [-0.15, -0.1) is 0 Å². The minimum absolute atomic E-state index is 0.0393. The van der Waals surface area contributed by atoms with Crippen LogP contribution in [-0.2, 0) is 9.59 Å². The number of carbonyl (C=O) groups excluding carboxylic acids is 2. The number of ether oxygens (including phenoxy) is 6. The van der Waals surface area contributed by atoms with Crippen molar-refractivity contribution in [1.29, 1.82) is 0 Å². The van der Waals surface area contributed by atoms with Gasteiger partial charge in [-0.25, -0.2) is 0 Å². The lowest BCUT2D eigenvalue weighted by Crippen LogP contribution is -2.09. The first-order chi connectivity index (χ1) is 26.6. The van der Waals surface area contributed by atoms with Crippen LogP contribution in [0, 0.1) is 0 Å². The molecule has 4 N–H and O–H groups in total. The maximum absolute atomic E-state index is 12.9. The summed E-state index contributed by atoms with van der Waals surface area (Å²) >= 11 is 0. The maximum atomic E-state index is 12.9. The number of hydrogen-bond acceptors (Lipinski definition) is 12. The number of unbranched alkanes of at least 4 members (excludes halogenated alkanes) is 6. The van der Waals surface area contributed by atoms with Crippen molar-refractivity contribution >= 4 is 55.0 Å². The molecule has 6 aromatic carbocycles. The number of phenols is 4. The molecule has 0 aliphatic heterocycles. The van der Waals surface area contributed by atoms with E-state index < -0.39 is 11.9 Å². The third kappa shape index (κ3) is 7.71. The van der Waals surface area contributed by atoms with Crippen molar-refractivity contribution in [2.45, 2.75) is 57.8 Å². The van der Waals surface area contributed by atoms with E-state index in [1.807, 2.05) is 0 Å². The SMILES string of the molecule is COc1ccc2c(O)c3c(OC(=O)CCCCCCCCCC(=O)Oc4c(OC)ccc5c(O)c6cc(OC)ccc6c(O)c45)c(OC)ccc3c(O)c2c1. The molecule has 0 amide bonds. The summed E-state index contributed by atoms with van der Waals surface area (Å²) in [6.45, 7) is 0. The van der Waals surface area contributed by atoms with Crippen molar-refractivity contribution in [3.05, 3.63) is 60.7 Å². The first kappa shape index (κ1) is 38.4. The molecular formula is C43H44O12. The second kappa shape index (κ2) is 16.8. The van der Waals surface area contributed by atoms with E-state index in [9.17, 15) is 30.0 Å². The average Bonchev–Trinajstić information content (AvgIpc) is 3.20. The van der Waals surface area contributed by atoms with E-state index >= 15 is 0 Å². The molecular weight excluding hydrogens is 708 g/mol. The predicted molar refractivity (Wildman–Crippen MR) is 209 cm³/mol. The number of methoxy groups -OCH3 is 4. The average molecular weight is 753 g/mol. The molecule has 0 radical (unpaired) electrons. The van der Waals surface area contributed by atoms with Crippen LogP contribution in [0.5, 0.6) is 57.5 Å². The topological polar surface area (TPSA) is 170 Å². The highest BCUT2D eigenvalue weighted by Crippen LogP contribution is 2.51. The Labute approximate surface area is 317 Å². The molecule has 0 fully saturated rings. The third-order valence-electron chi connectivity index (χ3n) is 9.83. The van der Waals surface area contributed by atoms with Crippen molar-refractivity contribution in [3.8, 4) is 57.5 Å². The van der Waals surface area contributed by atoms with Gasteiger partial charge in [-0.05, 0) is 73.5 Å². The van der Waals surface area contributed by atoms with Crippen LogP contribution >= 0.6 is 0 Å². The number of aromatic hydroxyl groups is 4. The Kier molecular flexibility index (Phi) is 11.7. The quantitative estimate of drug-likeness (QED) is 0.0243.